The summed E-state index contributed by atoms with van der Waals surface area (Å²) in [5.41, 5.74) is 0. The Hall–Kier alpha value is -2.07. The molecule has 0 spiro atoms. The van der Waals surface area contributed by atoms with Crippen molar-refractivity contribution in [2.24, 2.45) is 0 Å². The predicted octanol–water partition coefficient (Wildman–Crippen LogP) is 8.73. The number of rotatable bonds is 33. The Morgan fingerprint density at radius 2 is 1.10 bits per heavy atom. The van der Waals surface area contributed by atoms with Gasteiger partial charge >= 0.3 is 19.8 Å². The van der Waals surface area contributed by atoms with Gasteiger partial charge in [0.1, 0.15) is 6.61 Å². The molecule has 0 aliphatic rings. The standard InChI is InChI=1S/C38H67O10P/c1-3-5-7-9-11-13-15-17-19-21-23-25-28-35(39)36(40)29-27-31-38(42)48-34(33-47-49(43,44)45)32-46-37(41)30-26-24-22-20-18-16-14-12-10-8-6-4-2/h5,7,11,13,17,19,23,25,34-36,39-40H,3-4,6,8-10,12,14-16,18,20-22,24,26-33H2,1-2H3,(H2,43,44,45)/b7-5-,13-11-,19-17-,25-23-/t34-,35-,36-/m1/s1. The van der Waals surface area contributed by atoms with Crippen LogP contribution in [0.1, 0.15) is 149 Å². The molecule has 284 valence electrons. The second kappa shape index (κ2) is 33.1. The molecule has 0 aliphatic carbocycles. The summed E-state index contributed by atoms with van der Waals surface area (Å²) < 4.78 is 26.1. The SMILES string of the molecule is CC/C=C\C/C=C\C/C=C\C/C=C\C[C@@H](O)[C@H](O)CCCC(=O)O[C@H](COC(=O)CCCCCCCCCCCCCC)COP(=O)(O)O. The fourth-order valence-electron chi connectivity index (χ4n) is 4.93. The zero-order chi connectivity index (χ0) is 36.4. The van der Waals surface area contributed by atoms with Crippen LogP contribution < -0.4 is 0 Å². The van der Waals surface area contributed by atoms with E-state index in [1.807, 2.05) is 18.2 Å². The highest BCUT2D eigenvalue weighted by molar-refractivity contribution is 7.46. The number of unbranched alkanes of at least 4 members (excludes halogenated alkanes) is 11. The van der Waals surface area contributed by atoms with Crippen molar-refractivity contribution < 1.29 is 48.2 Å². The van der Waals surface area contributed by atoms with E-state index in [1.54, 1.807) is 0 Å². The Morgan fingerprint density at radius 3 is 1.63 bits per heavy atom. The quantitative estimate of drug-likeness (QED) is 0.0224. The van der Waals surface area contributed by atoms with Crippen molar-refractivity contribution in [3.63, 3.8) is 0 Å². The zero-order valence-electron chi connectivity index (χ0n) is 30.3. The van der Waals surface area contributed by atoms with Crippen molar-refractivity contribution >= 4 is 19.8 Å². The third kappa shape index (κ3) is 34.2. The van der Waals surface area contributed by atoms with Crippen molar-refractivity contribution in [2.75, 3.05) is 13.2 Å². The number of phosphoric acid groups is 1. The number of esters is 2. The molecule has 0 aromatic rings. The summed E-state index contributed by atoms with van der Waals surface area (Å²) in [6.07, 6.45) is 31.5. The number of hydrogen-bond acceptors (Lipinski definition) is 8. The van der Waals surface area contributed by atoms with Crippen LogP contribution in [0.2, 0.25) is 0 Å². The molecule has 0 saturated heterocycles. The zero-order valence-corrected chi connectivity index (χ0v) is 31.2. The second-order valence-corrected chi connectivity index (χ2v) is 13.7. The first-order valence-electron chi connectivity index (χ1n) is 18.6. The Balaban J connectivity index is 4.26. The lowest BCUT2D eigenvalue weighted by Crippen LogP contribution is -2.30. The maximum atomic E-state index is 12.4. The number of hydrogen-bond donors (Lipinski definition) is 4. The minimum absolute atomic E-state index is 0.104. The van der Waals surface area contributed by atoms with Crippen molar-refractivity contribution in [2.45, 2.75) is 167 Å². The van der Waals surface area contributed by atoms with Gasteiger partial charge in [-0.3, -0.25) is 14.1 Å². The molecule has 3 atom stereocenters. The summed E-state index contributed by atoms with van der Waals surface area (Å²) in [7, 11) is -4.83. The lowest BCUT2D eigenvalue weighted by molar-refractivity contribution is -0.161. The molecule has 0 radical (unpaired) electrons. The van der Waals surface area contributed by atoms with Gasteiger partial charge in [-0.2, -0.15) is 0 Å². The maximum absolute atomic E-state index is 12.4. The molecule has 11 heteroatoms. The highest BCUT2D eigenvalue weighted by Crippen LogP contribution is 2.36. The van der Waals surface area contributed by atoms with Crippen LogP contribution in [-0.4, -0.2) is 63.5 Å². The van der Waals surface area contributed by atoms with Gasteiger partial charge in [0.15, 0.2) is 6.10 Å². The number of ether oxygens (including phenoxy) is 2. The molecule has 10 nitrogen and oxygen atoms in total. The third-order valence-corrected chi connectivity index (χ3v) is 8.30. The first-order valence-corrected chi connectivity index (χ1v) is 20.1. The largest absolute Gasteiger partial charge is 0.469 e. The van der Waals surface area contributed by atoms with Crippen molar-refractivity contribution in [1.29, 1.82) is 0 Å². The maximum Gasteiger partial charge on any atom is 0.469 e. The molecule has 0 unspecified atom stereocenters. The summed E-state index contributed by atoms with van der Waals surface area (Å²) in [4.78, 5) is 42.7. The van der Waals surface area contributed by atoms with Gasteiger partial charge in [0, 0.05) is 12.8 Å². The topological polar surface area (TPSA) is 160 Å². The fourth-order valence-corrected chi connectivity index (χ4v) is 5.29. The van der Waals surface area contributed by atoms with Gasteiger partial charge in [0.25, 0.3) is 0 Å². The number of aliphatic hydroxyl groups excluding tert-OH is 2. The molecule has 49 heavy (non-hydrogen) atoms. The van der Waals surface area contributed by atoms with E-state index in [0.29, 0.717) is 6.42 Å². The highest BCUT2D eigenvalue weighted by atomic mass is 31.2. The van der Waals surface area contributed by atoms with Crippen LogP contribution in [0, 0.1) is 0 Å². The lowest BCUT2D eigenvalue weighted by Gasteiger charge is -2.19. The van der Waals surface area contributed by atoms with Crippen LogP contribution in [0.25, 0.3) is 0 Å². The molecule has 4 N–H and O–H groups in total. The average molecular weight is 715 g/mol. The van der Waals surface area contributed by atoms with Gasteiger partial charge in [-0.15, -0.1) is 0 Å². The second-order valence-electron chi connectivity index (χ2n) is 12.5. The van der Waals surface area contributed by atoms with Gasteiger partial charge in [-0.05, 0) is 51.4 Å². The minimum Gasteiger partial charge on any atom is -0.462 e. The molecule has 0 rings (SSSR count). The van der Waals surface area contributed by atoms with Crippen molar-refractivity contribution in [1.82, 2.24) is 0 Å². The van der Waals surface area contributed by atoms with Crippen LogP contribution in [0.3, 0.4) is 0 Å². The van der Waals surface area contributed by atoms with Crippen LogP contribution in [0.15, 0.2) is 48.6 Å². The summed E-state index contributed by atoms with van der Waals surface area (Å²) in [5.74, 6) is -1.17. The molecule has 0 aromatic carbocycles. The van der Waals surface area contributed by atoms with Gasteiger partial charge in [-0.1, -0.05) is 133 Å². The summed E-state index contributed by atoms with van der Waals surface area (Å²) in [6.45, 7) is 3.30. The molecule has 0 heterocycles. The molecule has 0 saturated carbocycles. The number of carbonyl (C=O) groups is 2. The molecule has 0 fully saturated rings. The van der Waals surface area contributed by atoms with Crippen molar-refractivity contribution in [3.05, 3.63) is 48.6 Å². The molecule has 0 aromatic heterocycles. The summed E-state index contributed by atoms with van der Waals surface area (Å²) >= 11 is 0. The van der Waals surface area contributed by atoms with Gasteiger partial charge < -0.3 is 29.5 Å². The van der Waals surface area contributed by atoms with Crippen LogP contribution in [-0.2, 0) is 28.2 Å². The van der Waals surface area contributed by atoms with Gasteiger partial charge in [0.2, 0.25) is 0 Å². The number of carbonyl (C=O) groups excluding carboxylic acids is 2. The van der Waals surface area contributed by atoms with Crippen LogP contribution >= 0.6 is 7.82 Å². The van der Waals surface area contributed by atoms with Gasteiger partial charge in [-0.25, -0.2) is 4.57 Å². The van der Waals surface area contributed by atoms with E-state index in [0.717, 1.165) is 44.9 Å². The van der Waals surface area contributed by atoms with E-state index in [9.17, 15) is 24.4 Å². The van der Waals surface area contributed by atoms with E-state index >= 15 is 0 Å². The first-order chi connectivity index (χ1) is 23.6. The average Bonchev–Trinajstić information content (AvgIpc) is 3.06. The Kier molecular flexibility index (Phi) is 31.7. The molecule has 0 aliphatic heterocycles. The minimum atomic E-state index is -4.83. The normalized spacial score (nSPS) is 14.3. The molecule has 0 bridgehead atoms. The Labute approximate surface area is 296 Å². The monoisotopic (exact) mass is 714 g/mol. The van der Waals surface area contributed by atoms with Crippen LogP contribution in [0.4, 0.5) is 0 Å². The number of phosphoric ester groups is 1. The summed E-state index contributed by atoms with van der Waals surface area (Å²) in [5, 5.41) is 20.5. The smallest absolute Gasteiger partial charge is 0.462 e. The Morgan fingerprint density at radius 1 is 0.612 bits per heavy atom. The lowest BCUT2D eigenvalue weighted by atomic mass is 10.0. The summed E-state index contributed by atoms with van der Waals surface area (Å²) in [6, 6.07) is 0. The van der Waals surface area contributed by atoms with Crippen molar-refractivity contribution in [3.8, 4) is 0 Å². The van der Waals surface area contributed by atoms with Gasteiger partial charge in [0.05, 0.1) is 18.8 Å². The molecule has 0 amide bonds. The van der Waals surface area contributed by atoms with E-state index in [-0.39, 0.29) is 38.7 Å². The van der Waals surface area contributed by atoms with E-state index in [4.69, 9.17) is 19.3 Å². The first kappa shape index (κ1) is 46.9. The van der Waals surface area contributed by atoms with E-state index < -0.39 is 44.7 Å². The fraction of sp³-hybridized carbons (Fsp3) is 0.737. The van der Waals surface area contributed by atoms with E-state index in [1.165, 1.54) is 51.4 Å². The number of aliphatic hydroxyl groups is 2. The molecular weight excluding hydrogens is 647 g/mol. The highest BCUT2D eigenvalue weighted by Gasteiger charge is 2.23. The molecular formula is C38H67O10P. The van der Waals surface area contributed by atoms with E-state index in [2.05, 4.69) is 48.8 Å². The number of allylic oxidation sites excluding steroid dienone is 7. The van der Waals surface area contributed by atoms with Crippen LogP contribution in [0.5, 0.6) is 0 Å². The predicted molar refractivity (Wildman–Crippen MR) is 196 cm³/mol. The Bertz CT molecular complexity index is 972. The third-order valence-electron chi connectivity index (χ3n) is 7.81.